The summed E-state index contributed by atoms with van der Waals surface area (Å²) in [6, 6.07) is 4.40. The Balaban J connectivity index is 2.04. The topological polar surface area (TPSA) is 38.9 Å². The second kappa shape index (κ2) is 6.12. The molecule has 0 radical (unpaired) electrons. The first-order valence-corrected chi connectivity index (χ1v) is 7.21. The van der Waals surface area contributed by atoms with E-state index < -0.39 is 11.9 Å². The minimum Gasteiger partial charge on any atom is -0.327 e. The van der Waals surface area contributed by atoms with Crippen LogP contribution in [0.5, 0.6) is 0 Å². The van der Waals surface area contributed by atoms with Gasteiger partial charge in [0.2, 0.25) is 0 Å². The van der Waals surface area contributed by atoms with Crippen LogP contribution in [0, 0.1) is 5.92 Å². The lowest BCUT2D eigenvalue weighted by Gasteiger charge is -2.31. The van der Waals surface area contributed by atoms with E-state index in [1.807, 2.05) is 0 Å². The maximum Gasteiger partial charge on any atom is 0.433 e. The van der Waals surface area contributed by atoms with Gasteiger partial charge in [0.05, 0.1) is 0 Å². The summed E-state index contributed by atoms with van der Waals surface area (Å²) in [5.74, 6) is 0.639. The summed E-state index contributed by atoms with van der Waals surface area (Å²) in [5.41, 5.74) is 5.83. The van der Waals surface area contributed by atoms with E-state index in [1.54, 1.807) is 6.07 Å². The van der Waals surface area contributed by atoms with Crippen molar-refractivity contribution in [3.63, 3.8) is 0 Å². The maximum atomic E-state index is 12.7. The number of hydrogen-bond acceptors (Lipinski definition) is 2. The molecule has 1 saturated carbocycles. The zero-order valence-electron chi connectivity index (χ0n) is 11.7. The number of aromatic nitrogens is 1. The van der Waals surface area contributed by atoms with Crippen molar-refractivity contribution >= 4 is 0 Å². The highest BCUT2D eigenvalue weighted by molar-refractivity contribution is 5.17. The van der Waals surface area contributed by atoms with E-state index in [1.165, 1.54) is 6.07 Å². The van der Waals surface area contributed by atoms with Gasteiger partial charge < -0.3 is 5.73 Å². The maximum absolute atomic E-state index is 12.7. The number of nitrogens with zero attached hydrogens (tertiary/aromatic N) is 1. The molecule has 0 amide bonds. The highest BCUT2D eigenvalue weighted by Gasteiger charge is 2.33. The fourth-order valence-corrected chi connectivity index (χ4v) is 3.01. The molecule has 0 bridgehead atoms. The second-order valence-corrected chi connectivity index (χ2v) is 5.63. The van der Waals surface area contributed by atoms with Crippen LogP contribution in [0.2, 0.25) is 0 Å². The summed E-state index contributed by atoms with van der Waals surface area (Å²) in [5, 5.41) is 0. The summed E-state index contributed by atoms with van der Waals surface area (Å²) in [4.78, 5) is 3.80. The lowest BCUT2D eigenvalue weighted by molar-refractivity contribution is -0.141. The largest absolute Gasteiger partial charge is 0.433 e. The molecule has 0 spiro atoms. The van der Waals surface area contributed by atoms with Gasteiger partial charge >= 0.3 is 6.18 Å². The number of pyridine rings is 1. The molecule has 5 heteroatoms. The molecule has 1 heterocycles. The quantitative estimate of drug-likeness (QED) is 0.908. The number of hydrogen-bond donors (Lipinski definition) is 1. The van der Waals surface area contributed by atoms with E-state index in [2.05, 4.69) is 11.9 Å². The Morgan fingerprint density at radius 3 is 2.45 bits per heavy atom. The molecule has 2 rings (SSSR count). The highest BCUT2D eigenvalue weighted by atomic mass is 19.4. The SMILES string of the molecule is CCC(N)C1CCC(c2cccc(C(F)(F)F)n2)CC1. The van der Waals surface area contributed by atoms with Gasteiger partial charge in [0.25, 0.3) is 0 Å². The van der Waals surface area contributed by atoms with Gasteiger partial charge in [-0.15, -0.1) is 0 Å². The van der Waals surface area contributed by atoms with E-state index >= 15 is 0 Å². The minimum absolute atomic E-state index is 0.137. The molecule has 0 aliphatic heterocycles. The van der Waals surface area contributed by atoms with Crippen LogP contribution < -0.4 is 5.73 Å². The van der Waals surface area contributed by atoms with Crippen LogP contribution in [-0.4, -0.2) is 11.0 Å². The zero-order chi connectivity index (χ0) is 14.8. The van der Waals surface area contributed by atoms with E-state index in [4.69, 9.17) is 5.73 Å². The van der Waals surface area contributed by atoms with Crippen molar-refractivity contribution in [2.75, 3.05) is 0 Å². The standard InChI is InChI=1S/C15H21F3N2/c1-2-12(19)10-6-8-11(9-7-10)13-4-3-5-14(20-13)15(16,17)18/h3-5,10-12H,2,6-9,19H2,1H3. The molecule has 1 aromatic rings. The Kier molecular flexibility index (Phi) is 4.68. The Hall–Kier alpha value is -1.10. The van der Waals surface area contributed by atoms with Crippen LogP contribution in [0.3, 0.4) is 0 Å². The second-order valence-electron chi connectivity index (χ2n) is 5.63. The number of halogens is 3. The third kappa shape index (κ3) is 3.51. The van der Waals surface area contributed by atoms with Crippen molar-refractivity contribution in [2.24, 2.45) is 11.7 Å². The lowest BCUT2D eigenvalue weighted by atomic mass is 9.77. The fourth-order valence-electron chi connectivity index (χ4n) is 3.01. The molecule has 0 saturated heterocycles. The lowest BCUT2D eigenvalue weighted by Crippen LogP contribution is -2.32. The summed E-state index contributed by atoms with van der Waals surface area (Å²) >= 11 is 0. The highest BCUT2D eigenvalue weighted by Crippen LogP contribution is 2.37. The van der Waals surface area contributed by atoms with E-state index in [0.717, 1.165) is 38.2 Å². The zero-order valence-corrected chi connectivity index (χ0v) is 11.7. The van der Waals surface area contributed by atoms with Crippen molar-refractivity contribution in [3.05, 3.63) is 29.6 Å². The minimum atomic E-state index is -4.36. The van der Waals surface area contributed by atoms with Gasteiger partial charge in [-0.3, -0.25) is 0 Å². The molecule has 1 aromatic heterocycles. The Bertz CT molecular complexity index is 437. The molecule has 112 valence electrons. The fraction of sp³-hybridized carbons (Fsp3) is 0.667. The Labute approximate surface area is 117 Å². The van der Waals surface area contributed by atoms with Gasteiger partial charge in [0.1, 0.15) is 5.69 Å². The Morgan fingerprint density at radius 2 is 1.90 bits per heavy atom. The molecule has 1 aliphatic rings. The van der Waals surface area contributed by atoms with Gasteiger partial charge in [-0.25, -0.2) is 4.98 Å². The predicted molar refractivity (Wildman–Crippen MR) is 72.2 cm³/mol. The van der Waals surface area contributed by atoms with Crippen LogP contribution in [-0.2, 0) is 6.18 Å². The average molecular weight is 286 g/mol. The van der Waals surface area contributed by atoms with E-state index in [9.17, 15) is 13.2 Å². The Morgan fingerprint density at radius 1 is 1.25 bits per heavy atom. The average Bonchev–Trinajstić information content (AvgIpc) is 2.46. The van der Waals surface area contributed by atoms with Crippen LogP contribution in [0.1, 0.15) is 56.3 Å². The predicted octanol–water partition coefficient (Wildman–Crippen LogP) is 4.11. The molecular formula is C15H21F3N2. The molecule has 20 heavy (non-hydrogen) atoms. The van der Waals surface area contributed by atoms with Crippen LogP contribution in [0.4, 0.5) is 13.2 Å². The van der Waals surface area contributed by atoms with Gasteiger partial charge in [-0.1, -0.05) is 13.0 Å². The van der Waals surface area contributed by atoms with Crippen molar-refractivity contribution in [1.29, 1.82) is 0 Å². The molecule has 1 aliphatic carbocycles. The van der Waals surface area contributed by atoms with E-state index in [0.29, 0.717) is 11.6 Å². The van der Waals surface area contributed by atoms with Gasteiger partial charge in [-0.2, -0.15) is 13.2 Å². The molecule has 2 N–H and O–H groups in total. The summed E-state index contributed by atoms with van der Waals surface area (Å²) in [7, 11) is 0. The van der Waals surface area contributed by atoms with E-state index in [-0.39, 0.29) is 12.0 Å². The smallest absolute Gasteiger partial charge is 0.327 e. The monoisotopic (exact) mass is 286 g/mol. The number of nitrogens with two attached hydrogens (primary N) is 1. The molecular weight excluding hydrogens is 265 g/mol. The van der Waals surface area contributed by atoms with Crippen molar-refractivity contribution in [3.8, 4) is 0 Å². The number of alkyl halides is 3. The van der Waals surface area contributed by atoms with Crippen molar-refractivity contribution < 1.29 is 13.2 Å². The number of rotatable bonds is 3. The molecule has 2 nitrogen and oxygen atoms in total. The normalized spacial score (nSPS) is 25.4. The third-order valence-electron chi connectivity index (χ3n) is 4.33. The first-order valence-electron chi connectivity index (χ1n) is 7.21. The van der Waals surface area contributed by atoms with Crippen molar-refractivity contribution in [1.82, 2.24) is 4.98 Å². The van der Waals surface area contributed by atoms with Gasteiger partial charge in [0, 0.05) is 17.7 Å². The first kappa shape index (κ1) is 15.3. The van der Waals surface area contributed by atoms with Gasteiger partial charge in [0.15, 0.2) is 0 Å². The van der Waals surface area contributed by atoms with Crippen LogP contribution in [0.25, 0.3) is 0 Å². The summed E-state index contributed by atoms with van der Waals surface area (Å²) in [6.45, 7) is 2.07. The van der Waals surface area contributed by atoms with Crippen LogP contribution in [0.15, 0.2) is 18.2 Å². The first-order chi connectivity index (χ1) is 9.41. The van der Waals surface area contributed by atoms with Gasteiger partial charge in [-0.05, 0) is 50.2 Å². The summed E-state index contributed by atoms with van der Waals surface area (Å²) < 4.78 is 38.0. The van der Waals surface area contributed by atoms with Crippen molar-refractivity contribution in [2.45, 2.75) is 57.2 Å². The molecule has 0 aromatic carbocycles. The van der Waals surface area contributed by atoms with Crippen LogP contribution >= 0.6 is 0 Å². The summed E-state index contributed by atoms with van der Waals surface area (Å²) in [6.07, 6.45) is 0.323. The third-order valence-corrected chi connectivity index (χ3v) is 4.33. The molecule has 1 atom stereocenters. The molecule has 1 unspecified atom stereocenters. The molecule has 1 fully saturated rings.